The molecular weight excluding hydrogens is 250 g/mol. The van der Waals surface area contributed by atoms with Gasteiger partial charge in [-0.2, -0.15) is 5.10 Å². The molecule has 2 heterocycles. The van der Waals surface area contributed by atoms with Crippen LogP contribution in [0.15, 0.2) is 5.10 Å². The molecule has 0 aliphatic carbocycles. The van der Waals surface area contributed by atoms with Crippen molar-refractivity contribution in [3.8, 4) is 0 Å². The number of nitrogens with zero attached hydrogens (tertiary/aromatic N) is 3. The van der Waals surface area contributed by atoms with Gasteiger partial charge in [-0.25, -0.2) is 9.80 Å². The molecule has 7 heteroatoms. The Hall–Kier alpha value is -1.92. The fourth-order valence-electron chi connectivity index (χ4n) is 2.42. The first kappa shape index (κ1) is 13.5. The summed E-state index contributed by atoms with van der Waals surface area (Å²) >= 11 is 0. The summed E-state index contributed by atoms with van der Waals surface area (Å²) in [5, 5.41) is 14.2. The van der Waals surface area contributed by atoms with Crippen molar-refractivity contribution in [3.05, 3.63) is 0 Å². The van der Waals surface area contributed by atoms with Gasteiger partial charge in [-0.05, 0) is 19.3 Å². The first-order valence-electron chi connectivity index (χ1n) is 6.38. The lowest BCUT2D eigenvalue weighted by molar-refractivity contribution is -0.149. The smallest absolute Gasteiger partial charge is 0.326 e. The number of hydrogen-bond acceptors (Lipinski definition) is 4. The maximum absolute atomic E-state index is 12.3. The van der Waals surface area contributed by atoms with Crippen LogP contribution in [-0.4, -0.2) is 58.1 Å². The number of likely N-dealkylation sites (tertiary alicyclic amines) is 1. The van der Waals surface area contributed by atoms with Crippen LogP contribution in [-0.2, 0) is 14.4 Å². The van der Waals surface area contributed by atoms with Gasteiger partial charge in [-0.1, -0.05) is 0 Å². The van der Waals surface area contributed by atoms with Crippen LogP contribution in [0.2, 0.25) is 0 Å². The van der Waals surface area contributed by atoms with Crippen LogP contribution in [0, 0.1) is 0 Å². The molecule has 2 rings (SSSR count). The number of carboxylic acid groups (broad SMARTS) is 1. The van der Waals surface area contributed by atoms with Crippen LogP contribution in [0.5, 0.6) is 0 Å². The number of piperidine rings is 1. The lowest BCUT2D eigenvalue weighted by Crippen LogP contribution is -2.51. The van der Waals surface area contributed by atoms with Gasteiger partial charge in [0.05, 0.1) is 0 Å². The Morgan fingerprint density at radius 2 is 2.05 bits per heavy atom. The third-order valence-corrected chi connectivity index (χ3v) is 3.50. The predicted octanol–water partition coefficient (Wildman–Crippen LogP) is 0.0603. The Morgan fingerprint density at radius 3 is 2.68 bits per heavy atom. The van der Waals surface area contributed by atoms with Gasteiger partial charge in [0.15, 0.2) is 0 Å². The van der Waals surface area contributed by atoms with Crippen molar-refractivity contribution < 1.29 is 19.5 Å². The van der Waals surface area contributed by atoms with E-state index in [4.69, 9.17) is 5.11 Å². The summed E-state index contributed by atoms with van der Waals surface area (Å²) in [5.41, 5.74) is 0.273. The van der Waals surface area contributed by atoms with Gasteiger partial charge in [0.2, 0.25) is 5.91 Å². The molecule has 0 aromatic carbocycles. The monoisotopic (exact) mass is 267 g/mol. The largest absolute Gasteiger partial charge is 0.480 e. The molecule has 2 amide bonds. The van der Waals surface area contributed by atoms with Crippen molar-refractivity contribution in [1.29, 1.82) is 0 Å². The molecule has 2 aliphatic rings. The second kappa shape index (κ2) is 5.38. The molecule has 0 spiro atoms. The second-order valence-corrected chi connectivity index (χ2v) is 4.81. The van der Waals surface area contributed by atoms with E-state index in [-0.39, 0.29) is 30.4 Å². The van der Waals surface area contributed by atoms with Gasteiger partial charge in [0.25, 0.3) is 5.91 Å². The molecule has 0 aromatic heterocycles. The highest BCUT2D eigenvalue weighted by atomic mass is 16.4. The Bertz CT molecular complexity index is 446. The first-order valence-corrected chi connectivity index (χ1v) is 6.38. The number of carbonyl (C=O) groups excluding carboxylic acids is 2. The number of rotatable bonds is 2. The van der Waals surface area contributed by atoms with Crippen molar-refractivity contribution in [3.63, 3.8) is 0 Å². The van der Waals surface area contributed by atoms with E-state index < -0.39 is 12.0 Å². The molecule has 19 heavy (non-hydrogen) atoms. The van der Waals surface area contributed by atoms with Gasteiger partial charge in [0.1, 0.15) is 11.8 Å². The minimum absolute atomic E-state index is 0.134. The zero-order chi connectivity index (χ0) is 14.0. The molecule has 1 fully saturated rings. The molecule has 2 aliphatic heterocycles. The van der Waals surface area contributed by atoms with Gasteiger partial charge < -0.3 is 10.0 Å². The van der Waals surface area contributed by atoms with E-state index in [1.165, 1.54) is 11.9 Å². The molecule has 1 atom stereocenters. The molecule has 0 radical (unpaired) electrons. The summed E-state index contributed by atoms with van der Waals surface area (Å²) in [6.45, 7) is 0.437. The van der Waals surface area contributed by atoms with E-state index in [9.17, 15) is 14.4 Å². The minimum atomic E-state index is -0.978. The van der Waals surface area contributed by atoms with Crippen LogP contribution in [0.1, 0.15) is 32.1 Å². The SMILES string of the molecule is CN1N=C(C(=O)N2CCCC[C@@H]2C(=O)O)CCC1=O. The van der Waals surface area contributed by atoms with E-state index in [0.29, 0.717) is 13.0 Å². The molecule has 0 saturated carbocycles. The number of amides is 2. The van der Waals surface area contributed by atoms with E-state index >= 15 is 0 Å². The van der Waals surface area contributed by atoms with Crippen molar-refractivity contribution in [2.75, 3.05) is 13.6 Å². The van der Waals surface area contributed by atoms with Crippen LogP contribution < -0.4 is 0 Å². The summed E-state index contributed by atoms with van der Waals surface area (Å²) in [6.07, 6.45) is 2.61. The third-order valence-electron chi connectivity index (χ3n) is 3.50. The fraction of sp³-hybridized carbons (Fsp3) is 0.667. The molecule has 0 aromatic rings. The van der Waals surface area contributed by atoms with E-state index in [2.05, 4.69) is 5.10 Å². The zero-order valence-electron chi connectivity index (χ0n) is 10.8. The Kier molecular flexibility index (Phi) is 3.82. The molecule has 0 unspecified atom stereocenters. The van der Waals surface area contributed by atoms with Gasteiger partial charge >= 0.3 is 5.97 Å². The Balaban J connectivity index is 2.16. The zero-order valence-corrected chi connectivity index (χ0v) is 10.8. The topological polar surface area (TPSA) is 90.3 Å². The lowest BCUT2D eigenvalue weighted by Gasteiger charge is -2.34. The number of carboxylic acids is 1. The Morgan fingerprint density at radius 1 is 1.32 bits per heavy atom. The molecule has 1 saturated heterocycles. The molecule has 0 bridgehead atoms. The standard InChI is InChI=1S/C12H17N3O4/c1-14-10(16)6-5-8(13-14)11(17)15-7-3-2-4-9(15)12(18)19/h9H,2-7H2,1H3,(H,18,19)/t9-/m1/s1. The van der Waals surface area contributed by atoms with E-state index in [0.717, 1.165) is 17.9 Å². The van der Waals surface area contributed by atoms with E-state index in [1.807, 2.05) is 0 Å². The average molecular weight is 267 g/mol. The molecule has 1 N–H and O–H groups in total. The number of carbonyl (C=O) groups is 3. The summed E-state index contributed by atoms with van der Waals surface area (Å²) in [4.78, 5) is 36.2. The number of hydrazone groups is 1. The van der Waals surface area contributed by atoms with Crippen molar-refractivity contribution >= 4 is 23.5 Å². The summed E-state index contributed by atoms with van der Waals surface area (Å²) in [5.74, 6) is -1.47. The fourth-order valence-corrected chi connectivity index (χ4v) is 2.42. The van der Waals surface area contributed by atoms with Crippen LogP contribution in [0.4, 0.5) is 0 Å². The maximum Gasteiger partial charge on any atom is 0.326 e. The molecular formula is C12H17N3O4. The van der Waals surface area contributed by atoms with Crippen LogP contribution >= 0.6 is 0 Å². The normalized spacial score (nSPS) is 24.2. The highest BCUT2D eigenvalue weighted by Gasteiger charge is 2.35. The van der Waals surface area contributed by atoms with Crippen molar-refractivity contribution in [1.82, 2.24) is 9.91 Å². The quantitative estimate of drug-likeness (QED) is 0.766. The van der Waals surface area contributed by atoms with Crippen LogP contribution in [0.25, 0.3) is 0 Å². The van der Waals surface area contributed by atoms with Crippen molar-refractivity contribution in [2.24, 2.45) is 5.10 Å². The van der Waals surface area contributed by atoms with Crippen molar-refractivity contribution in [2.45, 2.75) is 38.1 Å². The lowest BCUT2D eigenvalue weighted by atomic mass is 10.0. The van der Waals surface area contributed by atoms with E-state index in [1.54, 1.807) is 0 Å². The van der Waals surface area contributed by atoms with Gasteiger partial charge in [-0.3, -0.25) is 9.59 Å². The first-order chi connectivity index (χ1) is 9.00. The Labute approximate surface area is 110 Å². The van der Waals surface area contributed by atoms with Crippen LogP contribution in [0.3, 0.4) is 0 Å². The predicted molar refractivity (Wildman–Crippen MR) is 66.4 cm³/mol. The second-order valence-electron chi connectivity index (χ2n) is 4.81. The third kappa shape index (κ3) is 2.74. The minimum Gasteiger partial charge on any atom is -0.480 e. The number of hydrogen-bond donors (Lipinski definition) is 1. The highest BCUT2D eigenvalue weighted by molar-refractivity contribution is 6.39. The summed E-state index contributed by atoms with van der Waals surface area (Å²) in [6, 6.07) is -0.771. The van der Waals surface area contributed by atoms with Gasteiger partial charge in [-0.15, -0.1) is 0 Å². The maximum atomic E-state index is 12.3. The number of aliphatic carboxylic acids is 1. The highest BCUT2D eigenvalue weighted by Crippen LogP contribution is 2.19. The molecule has 7 nitrogen and oxygen atoms in total. The van der Waals surface area contributed by atoms with Gasteiger partial charge in [0, 0.05) is 26.4 Å². The summed E-state index contributed by atoms with van der Waals surface area (Å²) < 4.78 is 0. The average Bonchev–Trinajstić information content (AvgIpc) is 2.41. The molecule has 104 valence electrons. The summed E-state index contributed by atoms with van der Waals surface area (Å²) in [7, 11) is 1.50.